The van der Waals surface area contributed by atoms with Gasteiger partial charge in [0.25, 0.3) is 11.8 Å². The van der Waals surface area contributed by atoms with Gasteiger partial charge in [-0.2, -0.15) is 0 Å². The molecule has 0 atom stereocenters. The topological polar surface area (TPSA) is 40.6 Å². The maximum Gasteiger partial charge on any atom is 0.282 e. The Morgan fingerprint density at radius 1 is 0.844 bits per heavy atom. The third-order valence-electron chi connectivity index (χ3n) is 5.65. The van der Waals surface area contributed by atoms with Crippen LogP contribution in [0.3, 0.4) is 0 Å². The third-order valence-corrected chi connectivity index (χ3v) is 5.65. The third kappa shape index (κ3) is 3.80. The average Bonchev–Trinajstić information content (AvgIpc) is 3.02. The van der Waals surface area contributed by atoms with Gasteiger partial charge in [-0.1, -0.05) is 48.5 Å². The number of aryl methyl sites for hydroxylation is 2. The van der Waals surface area contributed by atoms with Crippen LogP contribution in [0.1, 0.15) is 22.3 Å². The quantitative estimate of drug-likeness (QED) is 0.533. The van der Waals surface area contributed by atoms with E-state index in [4.69, 9.17) is 0 Å². The van der Waals surface area contributed by atoms with Gasteiger partial charge in [-0.25, -0.2) is 13.7 Å². The molecule has 0 unspecified atom stereocenters. The molecule has 3 aromatic carbocycles. The zero-order valence-corrected chi connectivity index (χ0v) is 18.0. The van der Waals surface area contributed by atoms with Crippen molar-refractivity contribution in [3.8, 4) is 0 Å². The van der Waals surface area contributed by atoms with Gasteiger partial charge < -0.3 is 4.90 Å². The fourth-order valence-corrected chi connectivity index (χ4v) is 3.84. The lowest BCUT2D eigenvalue weighted by Crippen LogP contribution is -2.34. The molecule has 0 spiro atoms. The molecule has 2 amide bonds. The van der Waals surface area contributed by atoms with Gasteiger partial charge in [0.15, 0.2) is 0 Å². The van der Waals surface area contributed by atoms with E-state index >= 15 is 0 Å². The van der Waals surface area contributed by atoms with Gasteiger partial charge in [0.1, 0.15) is 17.3 Å². The minimum atomic E-state index is -0.848. The van der Waals surface area contributed by atoms with Crippen LogP contribution in [-0.4, -0.2) is 23.8 Å². The molecular formula is C26H22F2N2O2. The lowest BCUT2D eigenvalue weighted by atomic mass is 9.99. The molecule has 0 radical (unpaired) electrons. The molecule has 0 saturated carbocycles. The highest BCUT2D eigenvalue weighted by atomic mass is 19.1. The number of anilines is 1. The first-order chi connectivity index (χ1) is 15.3. The zero-order chi connectivity index (χ0) is 23.0. The summed E-state index contributed by atoms with van der Waals surface area (Å²) in [5, 5.41) is 0. The van der Waals surface area contributed by atoms with Crippen LogP contribution in [0.4, 0.5) is 14.5 Å². The number of hydrogen-bond donors (Lipinski definition) is 0. The second kappa shape index (κ2) is 8.38. The Kier molecular flexibility index (Phi) is 5.61. The molecule has 0 N–H and O–H groups in total. The Morgan fingerprint density at radius 2 is 1.56 bits per heavy atom. The molecule has 0 bridgehead atoms. The van der Waals surface area contributed by atoms with E-state index in [9.17, 15) is 18.4 Å². The predicted octanol–water partition coefficient (Wildman–Crippen LogP) is 5.00. The molecule has 0 saturated heterocycles. The van der Waals surface area contributed by atoms with E-state index in [-0.39, 0.29) is 11.3 Å². The summed E-state index contributed by atoms with van der Waals surface area (Å²) in [6, 6.07) is 17.7. The maximum atomic E-state index is 14.5. The van der Waals surface area contributed by atoms with Crippen molar-refractivity contribution in [1.29, 1.82) is 0 Å². The number of nitrogens with zero attached hydrogens (tertiary/aromatic N) is 2. The molecule has 162 valence electrons. The summed E-state index contributed by atoms with van der Waals surface area (Å²) in [4.78, 5) is 29.3. The standard InChI is InChI=1S/C26H22F2N2O2/c1-16-9-10-19(13-17(16)2)23-24(29(3)15-18-7-5-4-6-8-18)26(32)30(25(23)31)22-14-20(27)11-12-21(22)28/h4-14H,15H2,1-3H3. The Balaban J connectivity index is 1.85. The molecule has 0 aromatic heterocycles. The monoisotopic (exact) mass is 432 g/mol. The van der Waals surface area contributed by atoms with Crippen molar-refractivity contribution < 1.29 is 18.4 Å². The highest BCUT2D eigenvalue weighted by Crippen LogP contribution is 2.36. The smallest absolute Gasteiger partial charge is 0.282 e. The van der Waals surface area contributed by atoms with Crippen molar-refractivity contribution >= 4 is 23.1 Å². The van der Waals surface area contributed by atoms with Crippen LogP contribution in [0.2, 0.25) is 0 Å². The normalized spacial score (nSPS) is 13.8. The lowest BCUT2D eigenvalue weighted by molar-refractivity contribution is -0.120. The highest BCUT2D eigenvalue weighted by molar-refractivity contribution is 6.45. The number of halogens is 2. The molecule has 0 aliphatic carbocycles. The van der Waals surface area contributed by atoms with Gasteiger partial charge in [-0.3, -0.25) is 9.59 Å². The van der Waals surface area contributed by atoms with Gasteiger partial charge in [0, 0.05) is 19.7 Å². The first-order valence-corrected chi connectivity index (χ1v) is 10.2. The van der Waals surface area contributed by atoms with E-state index in [2.05, 4.69) is 0 Å². The number of amides is 2. The Hall–Kier alpha value is -3.80. The second-order valence-electron chi connectivity index (χ2n) is 7.91. The molecule has 32 heavy (non-hydrogen) atoms. The lowest BCUT2D eigenvalue weighted by Gasteiger charge is -2.22. The average molecular weight is 432 g/mol. The number of carbonyl (C=O) groups excluding carboxylic acids is 2. The van der Waals surface area contributed by atoms with E-state index in [1.54, 1.807) is 18.0 Å². The molecule has 6 heteroatoms. The van der Waals surface area contributed by atoms with Crippen LogP contribution < -0.4 is 4.90 Å². The van der Waals surface area contributed by atoms with Crippen LogP contribution in [0.5, 0.6) is 0 Å². The molecule has 1 heterocycles. The van der Waals surface area contributed by atoms with E-state index < -0.39 is 29.1 Å². The number of imide groups is 1. The SMILES string of the molecule is Cc1ccc(C2=C(N(C)Cc3ccccc3)C(=O)N(c3cc(F)ccc3F)C2=O)cc1C. The fraction of sp³-hybridized carbons (Fsp3) is 0.154. The Morgan fingerprint density at radius 3 is 2.25 bits per heavy atom. The van der Waals surface area contributed by atoms with Crippen molar-refractivity contribution in [3.05, 3.63) is 106 Å². The van der Waals surface area contributed by atoms with Crippen LogP contribution >= 0.6 is 0 Å². The van der Waals surface area contributed by atoms with E-state index in [0.29, 0.717) is 12.1 Å². The van der Waals surface area contributed by atoms with Crippen molar-refractivity contribution in [2.24, 2.45) is 0 Å². The zero-order valence-electron chi connectivity index (χ0n) is 18.0. The second-order valence-corrected chi connectivity index (χ2v) is 7.91. The van der Waals surface area contributed by atoms with Crippen molar-refractivity contribution in [1.82, 2.24) is 4.90 Å². The fourth-order valence-electron chi connectivity index (χ4n) is 3.84. The predicted molar refractivity (Wildman–Crippen MR) is 120 cm³/mol. The number of rotatable bonds is 5. The Bertz CT molecular complexity index is 1250. The number of hydrogen-bond acceptors (Lipinski definition) is 3. The minimum absolute atomic E-state index is 0.144. The summed E-state index contributed by atoms with van der Waals surface area (Å²) < 4.78 is 28.4. The molecular weight excluding hydrogens is 410 g/mol. The van der Waals surface area contributed by atoms with Crippen LogP contribution in [0, 0.1) is 25.5 Å². The van der Waals surface area contributed by atoms with Crippen molar-refractivity contribution in [2.45, 2.75) is 20.4 Å². The van der Waals surface area contributed by atoms with Crippen molar-refractivity contribution in [3.63, 3.8) is 0 Å². The molecule has 4 rings (SSSR count). The van der Waals surface area contributed by atoms with Gasteiger partial charge >= 0.3 is 0 Å². The number of benzene rings is 3. The Labute approximate surface area is 185 Å². The molecule has 3 aromatic rings. The van der Waals surface area contributed by atoms with Crippen molar-refractivity contribution in [2.75, 3.05) is 11.9 Å². The molecule has 4 nitrogen and oxygen atoms in total. The largest absolute Gasteiger partial charge is 0.365 e. The highest BCUT2D eigenvalue weighted by Gasteiger charge is 2.43. The van der Waals surface area contributed by atoms with Gasteiger partial charge in [0.05, 0.1) is 11.3 Å². The van der Waals surface area contributed by atoms with E-state index in [1.807, 2.05) is 56.3 Å². The van der Waals surface area contributed by atoms with Gasteiger partial charge in [0.2, 0.25) is 0 Å². The molecule has 0 fully saturated rings. The van der Waals surface area contributed by atoms with Gasteiger partial charge in [-0.05, 0) is 48.2 Å². The summed E-state index contributed by atoms with van der Waals surface area (Å²) in [6.45, 7) is 4.23. The number of likely N-dealkylation sites (N-methyl/N-ethyl adjacent to an activating group) is 1. The van der Waals surface area contributed by atoms with Crippen LogP contribution in [-0.2, 0) is 16.1 Å². The summed E-state index contributed by atoms with van der Waals surface area (Å²) in [5.41, 5.74) is 3.41. The first kappa shape index (κ1) is 21.4. The summed E-state index contributed by atoms with van der Waals surface area (Å²) in [5.74, 6) is -2.95. The first-order valence-electron chi connectivity index (χ1n) is 10.2. The molecule has 1 aliphatic heterocycles. The maximum absolute atomic E-state index is 14.5. The minimum Gasteiger partial charge on any atom is -0.365 e. The summed E-state index contributed by atoms with van der Waals surface area (Å²) >= 11 is 0. The van der Waals surface area contributed by atoms with Gasteiger partial charge in [-0.15, -0.1) is 0 Å². The van der Waals surface area contributed by atoms with Crippen LogP contribution in [0.15, 0.2) is 72.4 Å². The van der Waals surface area contributed by atoms with E-state index in [1.165, 1.54) is 0 Å². The number of carbonyl (C=O) groups is 2. The van der Waals surface area contributed by atoms with Crippen LogP contribution in [0.25, 0.3) is 5.57 Å². The summed E-state index contributed by atoms with van der Waals surface area (Å²) in [6.07, 6.45) is 0. The molecule has 1 aliphatic rings. The summed E-state index contributed by atoms with van der Waals surface area (Å²) in [7, 11) is 1.71. The van der Waals surface area contributed by atoms with E-state index in [0.717, 1.165) is 39.8 Å².